The number of allylic oxidation sites excluding steroid dienone is 12. The quantitative estimate of drug-likeness (QED) is 0.0392. The van der Waals surface area contributed by atoms with E-state index >= 15 is 0 Å². The molecule has 0 rings (SSSR count). The lowest BCUT2D eigenvalue weighted by atomic mass is 10.1. The van der Waals surface area contributed by atoms with Crippen LogP contribution in [-0.2, 0) is 14.3 Å². The van der Waals surface area contributed by atoms with E-state index in [2.05, 4.69) is 86.8 Å². The number of hydrogen-bond donors (Lipinski definition) is 1. The minimum Gasteiger partial charge on any atom is -0.457 e. The van der Waals surface area contributed by atoms with E-state index in [4.69, 9.17) is 9.47 Å². The Labute approximate surface area is 317 Å². The van der Waals surface area contributed by atoms with Gasteiger partial charge in [-0.05, 0) is 83.5 Å². The minimum absolute atomic E-state index is 0.183. The third kappa shape index (κ3) is 42.1. The van der Waals surface area contributed by atoms with Crippen molar-refractivity contribution in [2.75, 3.05) is 19.8 Å². The smallest absolute Gasteiger partial charge is 0.306 e. The van der Waals surface area contributed by atoms with Crippen molar-refractivity contribution in [3.63, 3.8) is 0 Å². The first kappa shape index (κ1) is 48.8. The number of aliphatic hydroxyl groups is 1. The van der Waals surface area contributed by atoms with Gasteiger partial charge in [-0.3, -0.25) is 4.79 Å². The molecule has 1 atom stereocenters. The van der Waals surface area contributed by atoms with E-state index in [0.717, 1.165) is 57.8 Å². The molecule has 0 aromatic heterocycles. The summed E-state index contributed by atoms with van der Waals surface area (Å²) >= 11 is 0. The van der Waals surface area contributed by atoms with E-state index in [1.165, 1.54) is 116 Å². The van der Waals surface area contributed by atoms with Gasteiger partial charge in [0.2, 0.25) is 0 Å². The predicted molar refractivity (Wildman–Crippen MR) is 223 cm³/mol. The number of rotatable bonds is 39. The molecule has 0 aliphatic heterocycles. The summed E-state index contributed by atoms with van der Waals surface area (Å²) in [5.74, 6) is -0.217. The average molecular weight is 711 g/mol. The van der Waals surface area contributed by atoms with Gasteiger partial charge in [-0.25, -0.2) is 0 Å². The summed E-state index contributed by atoms with van der Waals surface area (Å²) in [6.07, 6.45) is 59.6. The van der Waals surface area contributed by atoms with Crippen LogP contribution in [0.2, 0.25) is 0 Å². The molecule has 51 heavy (non-hydrogen) atoms. The molecule has 0 aliphatic carbocycles. The number of hydrogen-bond acceptors (Lipinski definition) is 4. The van der Waals surface area contributed by atoms with Crippen LogP contribution in [0.1, 0.15) is 194 Å². The van der Waals surface area contributed by atoms with Crippen molar-refractivity contribution in [3.05, 3.63) is 72.9 Å². The van der Waals surface area contributed by atoms with Crippen molar-refractivity contribution in [2.24, 2.45) is 0 Å². The van der Waals surface area contributed by atoms with Gasteiger partial charge in [0.05, 0.1) is 13.2 Å². The van der Waals surface area contributed by atoms with Gasteiger partial charge in [-0.15, -0.1) is 0 Å². The summed E-state index contributed by atoms with van der Waals surface area (Å²) in [4.78, 5) is 12.2. The molecular weight excluding hydrogens is 629 g/mol. The Balaban J connectivity index is 3.49. The highest BCUT2D eigenvalue weighted by molar-refractivity contribution is 5.69. The number of aliphatic hydroxyl groups excluding tert-OH is 1. The topological polar surface area (TPSA) is 55.8 Å². The van der Waals surface area contributed by atoms with Crippen molar-refractivity contribution < 1.29 is 19.4 Å². The van der Waals surface area contributed by atoms with Crippen LogP contribution >= 0.6 is 0 Å². The van der Waals surface area contributed by atoms with Crippen LogP contribution in [0, 0.1) is 0 Å². The van der Waals surface area contributed by atoms with Gasteiger partial charge in [-0.1, -0.05) is 177 Å². The zero-order chi connectivity index (χ0) is 37.0. The zero-order valence-electron chi connectivity index (χ0n) is 33.6. The van der Waals surface area contributed by atoms with Crippen molar-refractivity contribution in [3.8, 4) is 0 Å². The number of carbonyl (C=O) groups is 1. The Morgan fingerprint density at radius 2 is 0.882 bits per heavy atom. The molecule has 1 unspecified atom stereocenters. The summed E-state index contributed by atoms with van der Waals surface area (Å²) in [7, 11) is 0. The predicted octanol–water partition coefficient (Wildman–Crippen LogP) is 14.2. The largest absolute Gasteiger partial charge is 0.457 e. The van der Waals surface area contributed by atoms with Crippen molar-refractivity contribution in [1.82, 2.24) is 0 Å². The maximum absolute atomic E-state index is 12.2. The molecule has 0 radical (unpaired) electrons. The second kappa shape index (κ2) is 44.0. The summed E-state index contributed by atoms with van der Waals surface area (Å²) in [5, 5.41) is 9.60. The van der Waals surface area contributed by atoms with Gasteiger partial charge in [0, 0.05) is 13.0 Å². The maximum atomic E-state index is 12.2. The van der Waals surface area contributed by atoms with Crippen LogP contribution in [0.15, 0.2) is 72.9 Å². The molecule has 0 aliphatic rings. The number of carbonyl (C=O) groups excluding carboxylic acids is 1. The van der Waals surface area contributed by atoms with Crippen molar-refractivity contribution in [1.29, 1.82) is 0 Å². The van der Waals surface area contributed by atoms with Crippen LogP contribution in [-0.4, -0.2) is 37.0 Å². The first-order valence-corrected chi connectivity index (χ1v) is 21.5. The normalized spacial score (nSPS) is 13.1. The number of unbranched alkanes of at least 4 members (excludes halogenated alkanes) is 19. The van der Waals surface area contributed by atoms with Crippen LogP contribution in [0.3, 0.4) is 0 Å². The highest BCUT2D eigenvalue weighted by atomic mass is 16.6. The van der Waals surface area contributed by atoms with Crippen molar-refractivity contribution >= 4 is 5.97 Å². The van der Waals surface area contributed by atoms with E-state index in [9.17, 15) is 9.90 Å². The van der Waals surface area contributed by atoms with Gasteiger partial charge in [-0.2, -0.15) is 0 Å². The monoisotopic (exact) mass is 711 g/mol. The zero-order valence-corrected chi connectivity index (χ0v) is 33.6. The Hall–Kier alpha value is -2.17. The van der Waals surface area contributed by atoms with Gasteiger partial charge in [0.1, 0.15) is 6.10 Å². The Kier molecular flexibility index (Phi) is 42.1. The molecule has 0 saturated carbocycles. The lowest BCUT2D eigenvalue weighted by Crippen LogP contribution is -2.27. The highest BCUT2D eigenvalue weighted by Gasteiger charge is 2.13. The fourth-order valence-electron chi connectivity index (χ4n) is 5.82. The molecule has 0 spiro atoms. The van der Waals surface area contributed by atoms with E-state index in [0.29, 0.717) is 13.0 Å². The third-order valence-electron chi connectivity index (χ3n) is 9.02. The summed E-state index contributed by atoms with van der Waals surface area (Å²) in [6, 6.07) is 0. The summed E-state index contributed by atoms with van der Waals surface area (Å²) in [5.41, 5.74) is 0. The number of ether oxygens (including phenoxy) is 2. The SMILES string of the molecule is CC/C=C\C/C=C\C/C=C\CCCCCCCCCC(=O)OC(CO)COCCCCCCCCC/C=C\C/C=C\C/C=C\CCCCCCC. The number of esters is 1. The first-order chi connectivity index (χ1) is 25.2. The van der Waals surface area contributed by atoms with Gasteiger partial charge in [0.15, 0.2) is 0 Å². The fraction of sp³-hybridized carbons (Fsp3) is 0.723. The first-order valence-electron chi connectivity index (χ1n) is 21.5. The van der Waals surface area contributed by atoms with Crippen molar-refractivity contribution in [2.45, 2.75) is 200 Å². The lowest BCUT2D eigenvalue weighted by molar-refractivity contribution is -0.154. The lowest BCUT2D eigenvalue weighted by Gasteiger charge is -2.15. The van der Waals surface area contributed by atoms with Crippen LogP contribution in [0.4, 0.5) is 0 Å². The van der Waals surface area contributed by atoms with Gasteiger partial charge >= 0.3 is 5.97 Å². The maximum Gasteiger partial charge on any atom is 0.306 e. The standard InChI is InChI=1S/C47H82O4/c1-3-5-7-9-11-13-15-17-19-21-22-23-24-25-27-29-31-33-35-37-39-41-43-50-45-46(44-48)51-47(49)42-40-38-36-34-32-30-28-26-20-18-16-14-12-10-8-6-4-2/h6,8,12,14-15,17-18,20-22,24-25,46,48H,3-5,7,9-11,13,16,19,23,26-45H2,1-2H3/b8-6-,14-12-,17-15-,20-18-,22-21-,25-24-. The highest BCUT2D eigenvalue weighted by Crippen LogP contribution is 2.12. The Bertz CT molecular complexity index is 881. The molecule has 4 heteroatoms. The molecule has 0 aromatic rings. The molecular formula is C47H82O4. The molecule has 294 valence electrons. The summed E-state index contributed by atoms with van der Waals surface area (Å²) < 4.78 is 11.2. The van der Waals surface area contributed by atoms with Gasteiger partial charge < -0.3 is 14.6 Å². The molecule has 0 fully saturated rings. The van der Waals surface area contributed by atoms with Crippen LogP contribution < -0.4 is 0 Å². The van der Waals surface area contributed by atoms with E-state index < -0.39 is 6.10 Å². The molecule has 0 amide bonds. The third-order valence-corrected chi connectivity index (χ3v) is 9.02. The molecule has 4 nitrogen and oxygen atoms in total. The van der Waals surface area contributed by atoms with Crippen LogP contribution in [0.5, 0.6) is 0 Å². The average Bonchev–Trinajstić information content (AvgIpc) is 3.14. The summed E-state index contributed by atoms with van der Waals surface area (Å²) in [6.45, 7) is 5.19. The molecule has 1 N–H and O–H groups in total. The Morgan fingerprint density at radius 1 is 0.490 bits per heavy atom. The second-order valence-electron chi connectivity index (χ2n) is 14.0. The minimum atomic E-state index is -0.549. The molecule has 0 bridgehead atoms. The van der Waals surface area contributed by atoms with Crippen LogP contribution in [0.25, 0.3) is 0 Å². The molecule has 0 saturated heterocycles. The fourth-order valence-corrected chi connectivity index (χ4v) is 5.82. The van der Waals surface area contributed by atoms with E-state index in [1.807, 2.05) is 0 Å². The second-order valence-corrected chi connectivity index (χ2v) is 14.0. The van der Waals surface area contributed by atoms with E-state index in [1.54, 1.807) is 0 Å². The molecule has 0 heterocycles. The molecule has 0 aromatic carbocycles. The Morgan fingerprint density at radius 3 is 1.33 bits per heavy atom. The van der Waals surface area contributed by atoms with Gasteiger partial charge in [0.25, 0.3) is 0 Å². The van der Waals surface area contributed by atoms with E-state index in [-0.39, 0.29) is 19.2 Å².